The molecule has 1 atom stereocenters. The van der Waals surface area contributed by atoms with Crippen LogP contribution in [-0.2, 0) is 6.42 Å². The Bertz CT molecular complexity index is 218. The molecule has 1 rings (SSSR count). The van der Waals surface area contributed by atoms with Crippen molar-refractivity contribution in [2.75, 3.05) is 0 Å². The molecule has 0 fully saturated rings. The molecule has 0 amide bonds. The molecule has 0 aromatic carbocycles. The Kier molecular flexibility index (Phi) is 2.65. The lowest BCUT2D eigenvalue weighted by atomic mass is 10.1. The van der Waals surface area contributed by atoms with Gasteiger partial charge in [-0.1, -0.05) is 5.16 Å². The third kappa shape index (κ3) is 2.72. The highest BCUT2D eigenvalue weighted by Gasteiger charge is 2.01. The summed E-state index contributed by atoms with van der Waals surface area (Å²) in [5.41, 5.74) is 6.52. The van der Waals surface area contributed by atoms with Gasteiger partial charge in [-0.05, 0) is 20.3 Å². The minimum absolute atomic E-state index is 0.236. The van der Waals surface area contributed by atoms with Gasteiger partial charge in [-0.15, -0.1) is 0 Å². The van der Waals surface area contributed by atoms with Crippen molar-refractivity contribution >= 4 is 0 Å². The van der Waals surface area contributed by atoms with Crippen LogP contribution in [0, 0.1) is 6.92 Å². The molecular formula is C8H14N2O. The summed E-state index contributed by atoms with van der Waals surface area (Å²) >= 11 is 0. The van der Waals surface area contributed by atoms with Crippen LogP contribution in [0.25, 0.3) is 0 Å². The van der Waals surface area contributed by atoms with Crippen LogP contribution in [-0.4, -0.2) is 11.2 Å². The number of nitrogens with two attached hydrogens (primary N) is 1. The van der Waals surface area contributed by atoms with Crippen molar-refractivity contribution in [2.24, 2.45) is 5.73 Å². The van der Waals surface area contributed by atoms with Crippen molar-refractivity contribution in [2.45, 2.75) is 32.7 Å². The number of rotatable bonds is 3. The SMILES string of the molecule is Cc1cc(CCC(C)N)on1. The molecule has 1 heterocycles. The fraction of sp³-hybridized carbons (Fsp3) is 0.625. The van der Waals surface area contributed by atoms with Gasteiger partial charge >= 0.3 is 0 Å². The molecule has 0 aliphatic carbocycles. The molecule has 0 spiro atoms. The smallest absolute Gasteiger partial charge is 0.137 e. The van der Waals surface area contributed by atoms with Crippen molar-refractivity contribution in [1.29, 1.82) is 0 Å². The summed E-state index contributed by atoms with van der Waals surface area (Å²) in [6.07, 6.45) is 1.84. The summed E-state index contributed by atoms with van der Waals surface area (Å²) in [7, 11) is 0. The van der Waals surface area contributed by atoms with Gasteiger partial charge in [0.1, 0.15) is 5.76 Å². The van der Waals surface area contributed by atoms with Gasteiger partial charge in [0.05, 0.1) is 5.69 Å². The first-order valence-corrected chi connectivity index (χ1v) is 3.86. The van der Waals surface area contributed by atoms with E-state index in [2.05, 4.69) is 5.16 Å². The van der Waals surface area contributed by atoms with E-state index in [1.165, 1.54) is 0 Å². The topological polar surface area (TPSA) is 52.0 Å². The van der Waals surface area contributed by atoms with Gasteiger partial charge in [-0.3, -0.25) is 0 Å². The maximum Gasteiger partial charge on any atom is 0.137 e. The lowest BCUT2D eigenvalue weighted by Gasteiger charge is -1.99. The van der Waals surface area contributed by atoms with Gasteiger partial charge in [0.25, 0.3) is 0 Å². The van der Waals surface area contributed by atoms with E-state index >= 15 is 0 Å². The molecule has 0 bridgehead atoms. The van der Waals surface area contributed by atoms with E-state index in [1.54, 1.807) is 0 Å². The molecule has 1 aromatic rings. The van der Waals surface area contributed by atoms with Crippen LogP contribution < -0.4 is 5.73 Å². The second kappa shape index (κ2) is 3.53. The van der Waals surface area contributed by atoms with Gasteiger partial charge in [-0.25, -0.2) is 0 Å². The Hall–Kier alpha value is -0.830. The maximum atomic E-state index is 5.58. The fourth-order valence-corrected chi connectivity index (χ4v) is 0.904. The highest BCUT2D eigenvalue weighted by atomic mass is 16.5. The molecule has 2 N–H and O–H groups in total. The molecule has 0 aliphatic heterocycles. The Morgan fingerprint density at radius 1 is 1.73 bits per heavy atom. The second-order valence-corrected chi connectivity index (χ2v) is 2.95. The van der Waals surface area contributed by atoms with Crippen LogP contribution in [0.3, 0.4) is 0 Å². The molecule has 0 aliphatic rings. The van der Waals surface area contributed by atoms with Gasteiger partial charge in [-0.2, -0.15) is 0 Å². The minimum atomic E-state index is 0.236. The summed E-state index contributed by atoms with van der Waals surface area (Å²) in [6.45, 7) is 3.90. The zero-order valence-corrected chi connectivity index (χ0v) is 7.00. The molecule has 3 heteroatoms. The van der Waals surface area contributed by atoms with Crippen LogP contribution >= 0.6 is 0 Å². The van der Waals surface area contributed by atoms with E-state index in [9.17, 15) is 0 Å². The molecule has 3 nitrogen and oxygen atoms in total. The van der Waals surface area contributed by atoms with E-state index in [0.717, 1.165) is 24.3 Å². The van der Waals surface area contributed by atoms with Gasteiger partial charge in [0, 0.05) is 18.5 Å². The number of nitrogens with zero attached hydrogens (tertiary/aromatic N) is 1. The molecule has 0 saturated heterocycles. The average molecular weight is 154 g/mol. The Balaban J connectivity index is 2.39. The normalized spacial score (nSPS) is 13.4. The standard InChI is InChI=1S/C8H14N2O/c1-6(9)3-4-8-5-7(2)10-11-8/h5-6H,3-4,9H2,1-2H3. The first-order valence-electron chi connectivity index (χ1n) is 3.86. The van der Waals surface area contributed by atoms with Crippen molar-refractivity contribution in [3.05, 3.63) is 17.5 Å². The fourth-order valence-electron chi connectivity index (χ4n) is 0.904. The Morgan fingerprint density at radius 2 is 2.45 bits per heavy atom. The van der Waals surface area contributed by atoms with E-state index in [0.29, 0.717) is 0 Å². The number of aromatic nitrogens is 1. The van der Waals surface area contributed by atoms with E-state index in [4.69, 9.17) is 10.3 Å². The van der Waals surface area contributed by atoms with Crippen LogP contribution in [0.5, 0.6) is 0 Å². The molecule has 62 valence electrons. The van der Waals surface area contributed by atoms with Crippen molar-refractivity contribution < 1.29 is 4.52 Å². The zero-order valence-electron chi connectivity index (χ0n) is 7.00. The van der Waals surface area contributed by atoms with Gasteiger partial charge < -0.3 is 10.3 Å². The largest absolute Gasteiger partial charge is 0.361 e. The first kappa shape index (κ1) is 8.27. The number of hydrogen-bond donors (Lipinski definition) is 1. The van der Waals surface area contributed by atoms with E-state index in [-0.39, 0.29) is 6.04 Å². The molecule has 1 aromatic heterocycles. The molecule has 11 heavy (non-hydrogen) atoms. The summed E-state index contributed by atoms with van der Waals surface area (Å²) in [6, 6.07) is 2.18. The summed E-state index contributed by atoms with van der Waals surface area (Å²) in [4.78, 5) is 0. The van der Waals surface area contributed by atoms with Crippen LogP contribution in [0.2, 0.25) is 0 Å². The summed E-state index contributed by atoms with van der Waals surface area (Å²) in [5, 5.41) is 3.78. The molecule has 1 unspecified atom stereocenters. The predicted molar refractivity (Wildman–Crippen MR) is 43.2 cm³/mol. The van der Waals surface area contributed by atoms with E-state index in [1.807, 2.05) is 19.9 Å². The number of aryl methyl sites for hydroxylation is 2. The average Bonchev–Trinajstić information content (AvgIpc) is 2.31. The molecular weight excluding hydrogens is 140 g/mol. The highest BCUT2D eigenvalue weighted by Crippen LogP contribution is 2.05. The van der Waals surface area contributed by atoms with E-state index < -0.39 is 0 Å². The van der Waals surface area contributed by atoms with Crippen LogP contribution in [0.1, 0.15) is 24.8 Å². The number of hydrogen-bond acceptors (Lipinski definition) is 3. The van der Waals surface area contributed by atoms with Gasteiger partial charge in [0.2, 0.25) is 0 Å². The Labute approximate surface area is 66.6 Å². The highest BCUT2D eigenvalue weighted by molar-refractivity contribution is 5.03. The monoisotopic (exact) mass is 154 g/mol. The molecule has 0 saturated carbocycles. The summed E-state index contributed by atoms with van der Waals surface area (Å²) in [5.74, 6) is 0.930. The van der Waals surface area contributed by atoms with Crippen molar-refractivity contribution in [1.82, 2.24) is 5.16 Å². The summed E-state index contributed by atoms with van der Waals surface area (Å²) < 4.78 is 5.01. The Morgan fingerprint density at radius 3 is 2.91 bits per heavy atom. The third-order valence-corrected chi connectivity index (χ3v) is 1.52. The van der Waals surface area contributed by atoms with Crippen molar-refractivity contribution in [3.63, 3.8) is 0 Å². The zero-order chi connectivity index (χ0) is 8.27. The van der Waals surface area contributed by atoms with Gasteiger partial charge in [0.15, 0.2) is 0 Å². The second-order valence-electron chi connectivity index (χ2n) is 2.95. The van der Waals surface area contributed by atoms with Crippen LogP contribution in [0.4, 0.5) is 0 Å². The lowest BCUT2D eigenvalue weighted by molar-refractivity contribution is 0.374. The minimum Gasteiger partial charge on any atom is -0.361 e. The van der Waals surface area contributed by atoms with Crippen molar-refractivity contribution in [3.8, 4) is 0 Å². The maximum absolute atomic E-state index is 5.58. The first-order chi connectivity index (χ1) is 5.18. The molecule has 0 radical (unpaired) electrons. The predicted octanol–water partition coefficient (Wildman–Crippen LogP) is 1.26. The third-order valence-electron chi connectivity index (χ3n) is 1.52. The quantitative estimate of drug-likeness (QED) is 0.713. The lowest BCUT2D eigenvalue weighted by Crippen LogP contribution is -2.15. The van der Waals surface area contributed by atoms with Crippen LogP contribution in [0.15, 0.2) is 10.6 Å².